The van der Waals surface area contributed by atoms with Gasteiger partial charge in [-0.2, -0.15) is 4.98 Å². The Balaban J connectivity index is 1.59. The highest BCUT2D eigenvalue weighted by Gasteiger charge is 2.46. The van der Waals surface area contributed by atoms with Crippen LogP contribution in [0, 0.1) is 6.92 Å². The Morgan fingerprint density at radius 2 is 1.96 bits per heavy atom. The van der Waals surface area contributed by atoms with E-state index in [2.05, 4.69) is 38.5 Å². The van der Waals surface area contributed by atoms with Crippen LogP contribution in [0.5, 0.6) is 0 Å². The van der Waals surface area contributed by atoms with Crippen molar-refractivity contribution in [2.45, 2.75) is 38.6 Å². The summed E-state index contributed by atoms with van der Waals surface area (Å²) in [4.78, 5) is 24.5. The molecule has 1 fully saturated rings. The molecule has 0 bridgehead atoms. The summed E-state index contributed by atoms with van der Waals surface area (Å²) in [6.45, 7) is 8.41. The van der Waals surface area contributed by atoms with Gasteiger partial charge in [-0.25, -0.2) is 9.97 Å². The van der Waals surface area contributed by atoms with Crippen LogP contribution in [0.2, 0.25) is 0 Å². The molecule has 26 heavy (non-hydrogen) atoms. The van der Waals surface area contributed by atoms with Crippen molar-refractivity contribution >= 4 is 11.8 Å². The number of aromatic nitrogens is 4. The summed E-state index contributed by atoms with van der Waals surface area (Å²) in [5.41, 5.74) is 3.76. The van der Waals surface area contributed by atoms with E-state index in [1.54, 1.807) is 0 Å². The van der Waals surface area contributed by atoms with Crippen LogP contribution in [0.15, 0.2) is 12.5 Å². The molecule has 1 spiro atoms. The number of H-pyrrole nitrogens is 1. The second kappa shape index (κ2) is 6.54. The Morgan fingerprint density at radius 3 is 2.65 bits per heavy atom. The summed E-state index contributed by atoms with van der Waals surface area (Å²) in [5.74, 6) is 1.84. The molecule has 0 aliphatic carbocycles. The van der Waals surface area contributed by atoms with E-state index in [0.29, 0.717) is 0 Å². The fraction of sp³-hybridized carbons (Fsp3) is 0.632. The van der Waals surface area contributed by atoms with Crippen molar-refractivity contribution in [3.8, 4) is 0 Å². The Hall–Kier alpha value is -2.15. The molecule has 0 aromatic carbocycles. The number of fused-ring (bicyclic) bond motifs is 2. The normalized spacial score (nSPS) is 19.6. The van der Waals surface area contributed by atoms with Crippen molar-refractivity contribution in [3.05, 3.63) is 29.5 Å². The van der Waals surface area contributed by atoms with Gasteiger partial charge in [0.25, 0.3) is 0 Å². The molecular formula is C19H29N7. The average Bonchev–Trinajstić information content (AvgIpc) is 3.13. The van der Waals surface area contributed by atoms with Gasteiger partial charge in [-0.05, 0) is 26.3 Å². The van der Waals surface area contributed by atoms with Gasteiger partial charge in [0.05, 0.1) is 17.6 Å². The van der Waals surface area contributed by atoms with Crippen molar-refractivity contribution in [3.63, 3.8) is 0 Å². The van der Waals surface area contributed by atoms with Crippen LogP contribution < -0.4 is 9.80 Å². The van der Waals surface area contributed by atoms with Crippen LogP contribution in [-0.2, 0) is 12.0 Å². The highest BCUT2D eigenvalue weighted by Crippen LogP contribution is 2.42. The molecule has 0 unspecified atom stereocenters. The van der Waals surface area contributed by atoms with Crippen molar-refractivity contribution in [2.24, 2.45) is 0 Å². The van der Waals surface area contributed by atoms with Crippen molar-refractivity contribution in [1.82, 2.24) is 24.8 Å². The smallest absolute Gasteiger partial charge is 0.227 e. The van der Waals surface area contributed by atoms with E-state index < -0.39 is 0 Å². The maximum absolute atomic E-state index is 4.81. The minimum absolute atomic E-state index is 0.0634. The van der Waals surface area contributed by atoms with E-state index >= 15 is 0 Å². The molecule has 140 valence electrons. The summed E-state index contributed by atoms with van der Waals surface area (Å²) >= 11 is 0. The lowest BCUT2D eigenvalue weighted by Crippen LogP contribution is -2.56. The van der Waals surface area contributed by atoms with Gasteiger partial charge in [0.15, 0.2) is 0 Å². The minimum Gasteiger partial charge on any atom is -0.362 e. The van der Waals surface area contributed by atoms with E-state index in [1.807, 2.05) is 26.6 Å². The van der Waals surface area contributed by atoms with Gasteiger partial charge in [-0.1, -0.05) is 6.92 Å². The third kappa shape index (κ3) is 2.65. The molecule has 2 aromatic rings. The molecule has 0 amide bonds. The average molecular weight is 355 g/mol. The van der Waals surface area contributed by atoms with Gasteiger partial charge in [0, 0.05) is 57.6 Å². The highest BCUT2D eigenvalue weighted by atomic mass is 15.3. The molecule has 1 N–H and O–H groups in total. The number of anilines is 2. The number of aryl methyl sites for hydroxylation is 1. The summed E-state index contributed by atoms with van der Waals surface area (Å²) in [6, 6.07) is 0. The second-order valence-corrected chi connectivity index (χ2v) is 7.65. The summed E-state index contributed by atoms with van der Waals surface area (Å²) < 4.78 is 0. The molecule has 7 nitrogen and oxygen atoms in total. The molecule has 0 atom stereocenters. The Labute approximate surface area is 155 Å². The Kier molecular flexibility index (Phi) is 4.34. The summed E-state index contributed by atoms with van der Waals surface area (Å²) in [5, 5.41) is 0. The lowest BCUT2D eigenvalue weighted by Gasteiger charge is -2.50. The SMILES string of the molecule is CCN1CCc2[nH]cnc2C12CCN(c1ncc(C)c(N(C)C)n1)CC2. The monoisotopic (exact) mass is 355 g/mol. The van der Waals surface area contributed by atoms with Crippen molar-refractivity contribution < 1.29 is 0 Å². The number of imidazole rings is 1. The zero-order valence-electron chi connectivity index (χ0n) is 16.3. The first-order valence-electron chi connectivity index (χ1n) is 9.59. The minimum atomic E-state index is 0.0634. The molecule has 0 saturated carbocycles. The van der Waals surface area contributed by atoms with Crippen LogP contribution in [0.25, 0.3) is 0 Å². The van der Waals surface area contributed by atoms with E-state index in [9.17, 15) is 0 Å². The van der Waals surface area contributed by atoms with Crippen molar-refractivity contribution in [1.29, 1.82) is 0 Å². The molecule has 2 aromatic heterocycles. The quantitative estimate of drug-likeness (QED) is 0.908. The van der Waals surface area contributed by atoms with Gasteiger partial charge >= 0.3 is 0 Å². The topological polar surface area (TPSA) is 64.2 Å². The summed E-state index contributed by atoms with van der Waals surface area (Å²) in [6.07, 6.45) is 7.00. The number of nitrogens with zero attached hydrogens (tertiary/aromatic N) is 6. The lowest BCUT2D eigenvalue weighted by atomic mass is 9.79. The third-order valence-electron chi connectivity index (χ3n) is 6.01. The molecule has 7 heteroatoms. The van der Waals surface area contributed by atoms with Gasteiger partial charge < -0.3 is 14.8 Å². The van der Waals surface area contributed by atoms with Crippen LogP contribution >= 0.6 is 0 Å². The zero-order chi connectivity index (χ0) is 18.3. The Bertz CT molecular complexity index is 774. The lowest BCUT2D eigenvalue weighted by molar-refractivity contribution is 0.0495. The maximum atomic E-state index is 4.81. The molecule has 2 aliphatic rings. The number of hydrogen-bond donors (Lipinski definition) is 1. The molecule has 0 radical (unpaired) electrons. The fourth-order valence-corrected chi connectivity index (χ4v) is 4.64. The second-order valence-electron chi connectivity index (χ2n) is 7.65. The largest absolute Gasteiger partial charge is 0.362 e. The van der Waals surface area contributed by atoms with Gasteiger partial charge in [0.1, 0.15) is 5.82 Å². The first-order chi connectivity index (χ1) is 12.5. The fourth-order valence-electron chi connectivity index (χ4n) is 4.64. The van der Waals surface area contributed by atoms with Gasteiger partial charge in [-0.15, -0.1) is 0 Å². The zero-order valence-corrected chi connectivity index (χ0v) is 16.3. The van der Waals surface area contributed by atoms with Crippen molar-refractivity contribution in [2.75, 3.05) is 50.1 Å². The summed E-state index contributed by atoms with van der Waals surface area (Å²) in [7, 11) is 4.06. The number of piperidine rings is 1. The molecular weight excluding hydrogens is 326 g/mol. The van der Waals surface area contributed by atoms with Crippen LogP contribution in [0.1, 0.15) is 36.7 Å². The highest BCUT2D eigenvalue weighted by molar-refractivity contribution is 5.49. The predicted octanol–water partition coefficient (Wildman–Crippen LogP) is 1.95. The van der Waals surface area contributed by atoms with Crippen LogP contribution in [-0.4, -0.2) is 65.1 Å². The van der Waals surface area contributed by atoms with E-state index in [-0.39, 0.29) is 5.54 Å². The van der Waals surface area contributed by atoms with E-state index in [0.717, 1.165) is 62.8 Å². The number of likely N-dealkylation sites (N-methyl/N-ethyl adjacent to an activating group) is 1. The molecule has 4 heterocycles. The van der Waals surface area contributed by atoms with Gasteiger partial charge in [0.2, 0.25) is 5.95 Å². The van der Waals surface area contributed by atoms with E-state index in [4.69, 9.17) is 9.97 Å². The van der Waals surface area contributed by atoms with Crippen LogP contribution in [0.3, 0.4) is 0 Å². The molecule has 2 aliphatic heterocycles. The standard InChI is InChI=1S/C19H29N7/c1-5-26-9-6-15-16(22-13-21-15)19(26)7-10-25(11-8-19)18-20-12-14(2)17(23-18)24(3)4/h12-13H,5-11H2,1-4H3,(H,21,22). The number of aromatic amines is 1. The number of hydrogen-bond acceptors (Lipinski definition) is 6. The van der Waals surface area contributed by atoms with Crippen LogP contribution in [0.4, 0.5) is 11.8 Å². The Morgan fingerprint density at radius 1 is 1.19 bits per heavy atom. The van der Waals surface area contributed by atoms with E-state index in [1.165, 1.54) is 11.4 Å². The first-order valence-corrected chi connectivity index (χ1v) is 9.59. The number of nitrogens with one attached hydrogen (secondary N) is 1. The third-order valence-corrected chi connectivity index (χ3v) is 6.01. The number of rotatable bonds is 3. The van der Waals surface area contributed by atoms with Gasteiger partial charge in [-0.3, -0.25) is 4.90 Å². The first kappa shape index (κ1) is 17.3. The predicted molar refractivity (Wildman–Crippen MR) is 104 cm³/mol. The maximum Gasteiger partial charge on any atom is 0.227 e. The molecule has 1 saturated heterocycles. The molecule has 4 rings (SSSR count).